The molecule has 1 heterocycles. The largest absolute Gasteiger partial charge is 0.316 e. The van der Waals surface area contributed by atoms with Crippen molar-refractivity contribution < 1.29 is 8.42 Å². The van der Waals surface area contributed by atoms with Crippen LogP contribution in [0.5, 0.6) is 0 Å². The van der Waals surface area contributed by atoms with Crippen molar-refractivity contribution in [3.8, 4) is 0 Å². The molecule has 1 fully saturated rings. The zero-order valence-electron chi connectivity index (χ0n) is 11.9. The molecule has 0 radical (unpaired) electrons. The van der Waals surface area contributed by atoms with Crippen LogP contribution < -0.4 is 5.32 Å². The van der Waals surface area contributed by atoms with Crippen LogP contribution in [0.25, 0.3) is 0 Å². The zero-order chi connectivity index (χ0) is 14.8. The molecule has 1 unspecified atom stereocenters. The Morgan fingerprint density at radius 1 is 1.45 bits per heavy atom. The zero-order valence-corrected chi connectivity index (χ0v) is 14.3. The second-order valence-corrected chi connectivity index (χ2v) is 8.31. The van der Waals surface area contributed by atoms with Gasteiger partial charge in [0.15, 0.2) is 0 Å². The SMILES string of the molecule is Cc1cc(S(=O)(=O)N(C)CC2CCCNC2)ccc1Br. The molecule has 1 aliphatic rings. The van der Waals surface area contributed by atoms with Crippen molar-refractivity contribution in [2.75, 3.05) is 26.7 Å². The van der Waals surface area contributed by atoms with E-state index in [1.54, 1.807) is 25.2 Å². The van der Waals surface area contributed by atoms with E-state index in [2.05, 4.69) is 21.2 Å². The van der Waals surface area contributed by atoms with Crippen molar-refractivity contribution in [2.45, 2.75) is 24.7 Å². The lowest BCUT2D eigenvalue weighted by atomic mass is 10.00. The van der Waals surface area contributed by atoms with Crippen LogP contribution in [-0.4, -0.2) is 39.4 Å². The first-order valence-corrected chi connectivity index (χ1v) is 9.08. The number of nitrogens with one attached hydrogen (secondary N) is 1. The van der Waals surface area contributed by atoms with Crippen molar-refractivity contribution in [1.82, 2.24) is 9.62 Å². The summed E-state index contributed by atoms with van der Waals surface area (Å²) < 4.78 is 27.5. The van der Waals surface area contributed by atoms with Gasteiger partial charge in [-0.15, -0.1) is 0 Å². The number of rotatable bonds is 4. The van der Waals surface area contributed by atoms with Gasteiger partial charge in [0.25, 0.3) is 0 Å². The van der Waals surface area contributed by atoms with Gasteiger partial charge >= 0.3 is 0 Å². The van der Waals surface area contributed by atoms with Gasteiger partial charge < -0.3 is 5.32 Å². The molecule has 0 bridgehead atoms. The Kier molecular flexibility index (Phi) is 5.23. The summed E-state index contributed by atoms with van der Waals surface area (Å²) in [7, 11) is -1.72. The Labute approximate surface area is 129 Å². The summed E-state index contributed by atoms with van der Waals surface area (Å²) in [5.41, 5.74) is 0.929. The van der Waals surface area contributed by atoms with Crippen LogP contribution in [0.4, 0.5) is 0 Å². The van der Waals surface area contributed by atoms with Crippen LogP contribution in [0.3, 0.4) is 0 Å². The standard InChI is InChI=1S/C14H21BrN2O2S/c1-11-8-13(5-6-14(11)15)20(18,19)17(2)10-12-4-3-7-16-9-12/h5-6,8,12,16H,3-4,7,9-10H2,1-2H3. The highest BCUT2D eigenvalue weighted by Gasteiger charge is 2.25. The van der Waals surface area contributed by atoms with Crippen molar-refractivity contribution in [3.05, 3.63) is 28.2 Å². The highest BCUT2D eigenvalue weighted by atomic mass is 79.9. The number of aryl methyl sites for hydroxylation is 1. The molecule has 1 saturated heterocycles. The quantitative estimate of drug-likeness (QED) is 0.896. The number of benzene rings is 1. The van der Waals surface area contributed by atoms with Crippen LogP contribution >= 0.6 is 15.9 Å². The first kappa shape index (κ1) is 15.9. The van der Waals surface area contributed by atoms with Gasteiger partial charge in [-0.05, 0) is 62.5 Å². The average Bonchev–Trinajstić information content (AvgIpc) is 2.42. The molecule has 2 rings (SSSR count). The Bertz CT molecular complexity index is 569. The number of hydrogen-bond acceptors (Lipinski definition) is 3. The minimum absolute atomic E-state index is 0.365. The van der Waals surface area contributed by atoms with Crippen molar-refractivity contribution in [2.24, 2.45) is 5.92 Å². The fourth-order valence-electron chi connectivity index (χ4n) is 2.50. The van der Waals surface area contributed by atoms with E-state index in [9.17, 15) is 8.42 Å². The first-order valence-electron chi connectivity index (χ1n) is 6.84. The van der Waals surface area contributed by atoms with E-state index in [4.69, 9.17) is 0 Å². The Morgan fingerprint density at radius 3 is 2.80 bits per heavy atom. The highest BCUT2D eigenvalue weighted by Crippen LogP contribution is 2.23. The van der Waals surface area contributed by atoms with E-state index in [1.165, 1.54) is 4.31 Å². The van der Waals surface area contributed by atoms with Gasteiger partial charge in [0.05, 0.1) is 4.90 Å². The highest BCUT2D eigenvalue weighted by molar-refractivity contribution is 9.10. The lowest BCUT2D eigenvalue weighted by Gasteiger charge is -2.27. The maximum atomic E-state index is 12.6. The summed E-state index contributed by atoms with van der Waals surface area (Å²) in [4.78, 5) is 0.365. The molecule has 1 atom stereocenters. The Hall–Kier alpha value is -0.430. The predicted octanol–water partition coefficient (Wildman–Crippen LogP) is 2.38. The van der Waals surface area contributed by atoms with E-state index >= 15 is 0 Å². The minimum atomic E-state index is -3.39. The summed E-state index contributed by atoms with van der Waals surface area (Å²) in [6, 6.07) is 5.16. The van der Waals surface area contributed by atoms with Gasteiger partial charge in [0.2, 0.25) is 10.0 Å². The van der Waals surface area contributed by atoms with Crippen LogP contribution in [0.1, 0.15) is 18.4 Å². The minimum Gasteiger partial charge on any atom is -0.316 e. The summed E-state index contributed by atoms with van der Waals surface area (Å²) >= 11 is 3.40. The molecule has 0 amide bonds. The van der Waals surface area contributed by atoms with Gasteiger partial charge in [-0.3, -0.25) is 0 Å². The Morgan fingerprint density at radius 2 is 2.20 bits per heavy atom. The second kappa shape index (κ2) is 6.56. The maximum absolute atomic E-state index is 12.6. The maximum Gasteiger partial charge on any atom is 0.242 e. The van der Waals surface area contributed by atoms with Gasteiger partial charge in [-0.2, -0.15) is 0 Å². The molecule has 0 aromatic heterocycles. The fraction of sp³-hybridized carbons (Fsp3) is 0.571. The third-order valence-electron chi connectivity index (χ3n) is 3.75. The number of halogens is 1. The van der Waals surface area contributed by atoms with E-state index < -0.39 is 10.0 Å². The van der Waals surface area contributed by atoms with Crippen molar-refractivity contribution in [1.29, 1.82) is 0 Å². The molecule has 1 aromatic carbocycles. The third-order valence-corrected chi connectivity index (χ3v) is 6.46. The molecule has 6 heteroatoms. The van der Waals surface area contributed by atoms with Crippen molar-refractivity contribution >= 4 is 26.0 Å². The normalized spacial score (nSPS) is 20.3. The second-order valence-electron chi connectivity index (χ2n) is 5.41. The topological polar surface area (TPSA) is 49.4 Å². The van der Waals surface area contributed by atoms with Crippen LogP contribution in [0.15, 0.2) is 27.6 Å². The molecular weight excluding hydrogens is 340 g/mol. The monoisotopic (exact) mass is 360 g/mol. The summed E-state index contributed by atoms with van der Waals surface area (Å²) in [5, 5.41) is 3.32. The van der Waals surface area contributed by atoms with Crippen molar-refractivity contribution in [3.63, 3.8) is 0 Å². The molecular formula is C14H21BrN2O2S. The summed E-state index contributed by atoms with van der Waals surface area (Å²) in [6.07, 6.45) is 2.21. The lowest BCUT2D eigenvalue weighted by Crippen LogP contribution is -2.39. The van der Waals surface area contributed by atoms with Gasteiger partial charge in [-0.25, -0.2) is 12.7 Å². The fourth-order valence-corrected chi connectivity index (χ4v) is 4.08. The molecule has 20 heavy (non-hydrogen) atoms. The number of nitrogens with zero attached hydrogens (tertiary/aromatic N) is 1. The van der Waals surface area contributed by atoms with E-state index in [0.29, 0.717) is 17.4 Å². The summed E-state index contributed by atoms with van der Waals surface area (Å²) in [5.74, 6) is 0.403. The lowest BCUT2D eigenvalue weighted by molar-refractivity contribution is 0.315. The predicted molar refractivity (Wildman–Crippen MR) is 84.3 cm³/mol. The van der Waals surface area contributed by atoms with Gasteiger partial charge in [-0.1, -0.05) is 15.9 Å². The molecule has 112 valence electrons. The van der Waals surface area contributed by atoms with E-state index in [0.717, 1.165) is 36.0 Å². The summed E-state index contributed by atoms with van der Waals surface area (Å²) in [6.45, 7) is 4.41. The number of piperidine rings is 1. The third kappa shape index (κ3) is 3.61. The van der Waals surface area contributed by atoms with Crippen LogP contribution in [0, 0.1) is 12.8 Å². The van der Waals surface area contributed by atoms with Crippen LogP contribution in [0.2, 0.25) is 0 Å². The van der Waals surface area contributed by atoms with E-state index in [1.807, 2.05) is 6.92 Å². The first-order chi connectivity index (χ1) is 9.41. The van der Waals surface area contributed by atoms with Crippen LogP contribution in [-0.2, 0) is 10.0 Å². The van der Waals surface area contributed by atoms with E-state index in [-0.39, 0.29) is 0 Å². The molecule has 0 saturated carbocycles. The Balaban J connectivity index is 2.13. The molecule has 1 N–H and O–H groups in total. The average molecular weight is 361 g/mol. The number of hydrogen-bond donors (Lipinski definition) is 1. The molecule has 4 nitrogen and oxygen atoms in total. The molecule has 0 spiro atoms. The smallest absolute Gasteiger partial charge is 0.242 e. The number of sulfonamides is 1. The molecule has 1 aromatic rings. The molecule has 1 aliphatic heterocycles. The molecule has 0 aliphatic carbocycles. The van der Waals surface area contributed by atoms with Gasteiger partial charge in [0, 0.05) is 18.1 Å². The van der Waals surface area contributed by atoms with Gasteiger partial charge in [0.1, 0.15) is 0 Å².